The molecule has 0 aromatic carbocycles. The van der Waals surface area contributed by atoms with Gasteiger partial charge in [0.05, 0.1) is 0 Å². The van der Waals surface area contributed by atoms with Crippen LogP contribution in [-0.2, 0) is 7.05 Å². The van der Waals surface area contributed by atoms with Crippen LogP contribution in [0.3, 0.4) is 0 Å². The zero-order valence-electron chi connectivity index (χ0n) is 8.11. The van der Waals surface area contributed by atoms with E-state index in [1.807, 2.05) is 17.9 Å². The third-order valence-electron chi connectivity index (χ3n) is 3.06. The molecule has 72 valence electrons. The van der Waals surface area contributed by atoms with Crippen LogP contribution in [0.4, 0.5) is 0 Å². The molecular weight excluding hydrogens is 162 g/mol. The van der Waals surface area contributed by atoms with Crippen LogP contribution in [0.1, 0.15) is 37.3 Å². The predicted octanol–water partition coefficient (Wildman–Crippen LogP) is 1.41. The van der Waals surface area contributed by atoms with Gasteiger partial charge in [-0.05, 0) is 18.9 Å². The van der Waals surface area contributed by atoms with Crippen LogP contribution in [-0.4, -0.2) is 15.8 Å². The summed E-state index contributed by atoms with van der Waals surface area (Å²) in [6.45, 7) is 0. The largest absolute Gasteiger partial charge is 0.327 e. The molecule has 13 heavy (non-hydrogen) atoms. The molecule has 3 heteroatoms. The molecule has 0 unspecified atom stereocenters. The number of rotatable bonds is 1. The molecule has 0 amide bonds. The van der Waals surface area contributed by atoms with Crippen LogP contribution in [0.5, 0.6) is 0 Å². The van der Waals surface area contributed by atoms with Gasteiger partial charge in [-0.1, -0.05) is 12.8 Å². The van der Waals surface area contributed by atoms with Crippen LogP contribution in [0, 0.1) is 0 Å². The molecule has 2 atom stereocenters. The van der Waals surface area contributed by atoms with Crippen LogP contribution in [0.2, 0.25) is 0 Å². The molecule has 1 fully saturated rings. The fourth-order valence-electron chi connectivity index (χ4n) is 2.27. The Morgan fingerprint density at radius 3 is 2.85 bits per heavy atom. The summed E-state index contributed by atoms with van der Waals surface area (Å²) in [6, 6.07) is 2.43. The van der Waals surface area contributed by atoms with Crippen LogP contribution in [0.25, 0.3) is 0 Å². The molecule has 0 bridgehead atoms. The van der Waals surface area contributed by atoms with Gasteiger partial charge in [-0.25, -0.2) is 0 Å². The highest BCUT2D eigenvalue weighted by molar-refractivity contribution is 5.11. The Balaban J connectivity index is 2.19. The fraction of sp³-hybridized carbons (Fsp3) is 0.700. The summed E-state index contributed by atoms with van der Waals surface area (Å²) < 4.78 is 1.95. The van der Waals surface area contributed by atoms with Crippen molar-refractivity contribution < 1.29 is 0 Å². The highest BCUT2D eigenvalue weighted by Crippen LogP contribution is 2.31. The van der Waals surface area contributed by atoms with Crippen molar-refractivity contribution in [2.45, 2.75) is 37.6 Å². The molecule has 1 saturated carbocycles. The van der Waals surface area contributed by atoms with Gasteiger partial charge < -0.3 is 5.73 Å². The second-order valence-electron chi connectivity index (χ2n) is 3.93. The second-order valence-corrected chi connectivity index (χ2v) is 3.93. The minimum absolute atomic E-state index is 0.337. The third-order valence-corrected chi connectivity index (χ3v) is 3.06. The summed E-state index contributed by atoms with van der Waals surface area (Å²) in [4.78, 5) is 0. The van der Waals surface area contributed by atoms with E-state index in [-0.39, 0.29) is 0 Å². The van der Waals surface area contributed by atoms with Crippen LogP contribution in [0.15, 0.2) is 12.3 Å². The first-order valence-corrected chi connectivity index (χ1v) is 5.02. The standard InChI is InChI=1S/C10H17N3/c1-13-10(6-7-12-13)8-4-2-3-5-9(8)11/h6-9H,2-5,11H2,1H3/t8-,9+/m0/s1. The molecule has 2 N–H and O–H groups in total. The van der Waals surface area contributed by atoms with E-state index < -0.39 is 0 Å². The van der Waals surface area contributed by atoms with Crippen molar-refractivity contribution in [3.8, 4) is 0 Å². The number of nitrogens with two attached hydrogens (primary N) is 1. The topological polar surface area (TPSA) is 43.8 Å². The van der Waals surface area contributed by atoms with Gasteiger partial charge in [-0.15, -0.1) is 0 Å². The Hall–Kier alpha value is -0.830. The molecule has 0 aliphatic heterocycles. The highest BCUT2D eigenvalue weighted by Gasteiger charge is 2.25. The van der Waals surface area contributed by atoms with Crippen molar-refractivity contribution in [2.75, 3.05) is 0 Å². The van der Waals surface area contributed by atoms with Crippen LogP contribution >= 0.6 is 0 Å². The average molecular weight is 179 g/mol. The molecule has 3 nitrogen and oxygen atoms in total. The van der Waals surface area contributed by atoms with Crippen molar-refractivity contribution in [1.29, 1.82) is 0 Å². The van der Waals surface area contributed by atoms with E-state index in [4.69, 9.17) is 5.73 Å². The van der Waals surface area contributed by atoms with Crippen LogP contribution < -0.4 is 5.73 Å². The summed E-state index contributed by atoms with van der Waals surface area (Å²) >= 11 is 0. The first-order valence-electron chi connectivity index (χ1n) is 5.02. The molecular formula is C10H17N3. The monoisotopic (exact) mass is 179 g/mol. The number of hydrogen-bond donors (Lipinski definition) is 1. The molecule has 0 saturated heterocycles. The van der Waals surface area contributed by atoms with E-state index in [2.05, 4.69) is 11.2 Å². The molecule has 0 radical (unpaired) electrons. The fourth-order valence-corrected chi connectivity index (χ4v) is 2.27. The quantitative estimate of drug-likeness (QED) is 0.708. The molecule has 1 aliphatic carbocycles. The van der Waals surface area contributed by atoms with Gasteiger partial charge in [0, 0.05) is 30.9 Å². The SMILES string of the molecule is Cn1nccc1[C@H]1CCCC[C@H]1N. The lowest BCUT2D eigenvalue weighted by Crippen LogP contribution is -2.32. The summed E-state index contributed by atoms with van der Waals surface area (Å²) in [5.74, 6) is 0.529. The number of aromatic nitrogens is 2. The Kier molecular flexibility index (Phi) is 2.36. The van der Waals surface area contributed by atoms with Gasteiger partial charge in [0.15, 0.2) is 0 Å². The average Bonchev–Trinajstić information content (AvgIpc) is 2.52. The first kappa shape index (κ1) is 8.75. The number of hydrogen-bond acceptors (Lipinski definition) is 2. The molecule has 1 aromatic heterocycles. The van der Waals surface area contributed by atoms with Crippen molar-refractivity contribution >= 4 is 0 Å². The smallest absolute Gasteiger partial charge is 0.0492 e. The lowest BCUT2D eigenvalue weighted by Gasteiger charge is -2.28. The number of nitrogens with zero attached hydrogens (tertiary/aromatic N) is 2. The number of aryl methyl sites for hydroxylation is 1. The van der Waals surface area contributed by atoms with E-state index in [1.54, 1.807) is 0 Å². The van der Waals surface area contributed by atoms with E-state index in [0.717, 1.165) is 6.42 Å². The molecule has 1 aromatic rings. The zero-order chi connectivity index (χ0) is 9.26. The summed E-state index contributed by atoms with van der Waals surface area (Å²) in [5.41, 5.74) is 7.40. The van der Waals surface area contributed by atoms with Crippen molar-refractivity contribution in [1.82, 2.24) is 9.78 Å². The Morgan fingerprint density at radius 1 is 1.46 bits per heavy atom. The zero-order valence-corrected chi connectivity index (χ0v) is 8.11. The van der Waals surface area contributed by atoms with Gasteiger partial charge in [-0.3, -0.25) is 4.68 Å². The maximum Gasteiger partial charge on any atom is 0.0492 e. The van der Waals surface area contributed by atoms with Gasteiger partial charge in [0.2, 0.25) is 0 Å². The maximum atomic E-state index is 6.10. The molecule has 2 rings (SSSR count). The minimum Gasteiger partial charge on any atom is -0.327 e. The predicted molar refractivity (Wildman–Crippen MR) is 52.4 cm³/mol. The minimum atomic E-state index is 0.337. The van der Waals surface area contributed by atoms with Gasteiger partial charge >= 0.3 is 0 Å². The van der Waals surface area contributed by atoms with Gasteiger partial charge in [0.25, 0.3) is 0 Å². The van der Waals surface area contributed by atoms with Crippen molar-refractivity contribution in [3.05, 3.63) is 18.0 Å². The van der Waals surface area contributed by atoms with E-state index in [9.17, 15) is 0 Å². The molecule has 0 spiro atoms. The highest BCUT2D eigenvalue weighted by atomic mass is 15.3. The Labute approximate surface area is 78.9 Å². The second kappa shape index (κ2) is 3.50. The van der Waals surface area contributed by atoms with E-state index in [0.29, 0.717) is 12.0 Å². The van der Waals surface area contributed by atoms with E-state index in [1.165, 1.54) is 25.0 Å². The van der Waals surface area contributed by atoms with Crippen molar-refractivity contribution in [3.63, 3.8) is 0 Å². The summed E-state index contributed by atoms with van der Waals surface area (Å²) in [7, 11) is 2.00. The van der Waals surface area contributed by atoms with Crippen molar-refractivity contribution in [2.24, 2.45) is 12.8 Å². The Bertz CT molecular complexity index is 279. The van der Waals surface area contributed by atoms with E-state index >= 15 is 0 Å². The Morgan fingerprint density at radius 2 is 2.23 bits per heavy atom. The summed E-state index contributed by atoms with van der Waals surface area (Å²) in [6.07, 6.45) is 6.84. The lowest BCUT2D eigenvalue weighted by molar-refractivity contribution is 0.370. The lowest BCUT2D eigenvalue weighted by atomic mass is 9.83. The first-order chi connectivity index (χ1) is 6.29. The summed E-state index contributed by atoms with van der Waals surface area (Å²) in [5, 5.41) is 4.19. The van der Waals surface area contributed by atoms with Gasteiger partial charge in [-0.2, -0.15) is 5.10 Å². The normalized spacial score (nSPS) is 29.1. The molecule has 1 heterocycles. The van der Waals surface area contributed by atoms with Gasteiger partial charge in [0.1, 0.15) is 0 Å². The maximum absolute atomic E-state index is 6.10. The third kappa shape index (κ3) is 1.61. The molecule has 1 aliphatic rings.